The van der Waals surface area contributed by atoms with Crippen LogP contribution in [0.2, 0.25) is 0 Å². The number of anilines is 1. The van der Waals surface area contributed by atoms with E-state index in [4.69, 9.17) is 5.73 Å². The molecule has 1 rings (SSSR count). The molecule has 4 nitrogen and oxygen atoms in total. The minimum absolute atomic E-state index is 0.138. The Labute approximate surface area is 111 Å². The summed E-state index contributed by atoms with van der Waals surface area (Å²) in [6.07, 6.45) is 0. The summed E-state index contributed by atoms with van der Waals surface area (Å²) in [6, 6.07) is 4.51. The van der Waals surface area contributed by atoms with Gasteiger partial charge in [-0.1, -0.05) is 22.5 Å². The summed E-state index contributed by atoms with van der Waals surface area (Å²) in [5, 5.41) is 0. The molecule has 0 heterocycles. The van der Waals surface area contributed by atoms with Crippen molar-refractivity contribution in [2.45, 2.75) is 4.90 Å². The number of hydrogen-bond acceptors (Lipinski definition) is 3. The molecule has 0 aliphatic heterocycles. The van der Waals surface area contributed by atoms with Gasteiger partial charge in [0, 0.05) is 21.2 Å². The molecule has 0 saturated heterocycles. The third-order valence-corrected chi connectivity index (χ3v) is 4.36. The van der Waals surface area contributed by atoms with Crippen LogP contribution >= 0.6 is 31.9 Å². The predicted octanol–water partition coefficient (Wildman–Crippen LogP) is 2.22. The molecule has 88 valence electrons. The fourth-order valence-electron chi connectivity index (χ4n) is 0.986. The summed E-state index contributed by atoms with van der Waals surface area (Å²) in [7, 11) is -3.55. The van der Waals surface area contributed by atoms with Crippen LogP contribution in [0.3, 0.4) is 0 Å². The maximum absolute atomic E-state index is 11.8. The van der Waals surface area contributed by atoms with Crippen molar-refractivity contribution in [3.05, 3.63) is 33.7 Å². The van der Waals surface area contributed by atoms with Gasteiger partial charge in [-0.3, -0.25) is 0 Å². The lowest BCUT2D eigenvalue weighted by Gasteiger charge is -2.08. The molecular weight excluding hydrogens is 360 g/mol. The van der Waals surface area contributed by atoms with Gasteiger partial charge in [-0.05, 0) is 34.1 Å². The molecule has 0 aliphatic carbocycles. The van der Waals surface area contributed by atoms with E-state index in [-0.39, 0.29) is 11.4 Å². The Morgan fingerprint density at radius 1 is 1.50 bits per heavy atom. The first kappa shape index (κ1) is 13.7. The van der Waals surface area contributed by atoms with Crippen molar-refractivity contribution in [1.82, 2.24) is 4.72 Å². The number of rotatable bonds is 4. The Balaban J connectivity index is 3.03. The van der Waals surface area contributed by atoms with E-state index >= 15 is 0 Å². The number of halogens is 2. The van der Waals surface area contributed by atoms with Crippen molar-refractivity contribution in [2.75, 3.05) is 12.3 Å². The first-order valence-corrected chi connectivity index (χ1v) is 7.28. The lowest BCUT2D eigenvalue weighted by molar-refractivity contribution is 0.585. The molecule has 0 aliphatic rings. The van der Waals surface area contributed by atoms with Crippen LogP contribution < -0.4 is 10.5 Å². The molecule has 0 unspecified atom stereocenters. The average Bonchev–Trinajstić information content (AvgIpc) is 2.14. The summed E-state index contributed by atoms with van der Waals surface area (Å²) in [5.74, 6) is 0. The van der Waals surface area contributed by atoms with Gasteiger partial charge in [0.15, 0.2) is 0 Å². The van der Waals surface area contributed by atoms with E-state index in [2.05, 4.69) is 43.2 Å². The third kappa shape index (κ3) is 3.58. The molecule has 1 aromatic carbocycles. The van der Waals surface area contributed by atoms with E-state index in [9.17, 15) is 8.42 Å². The van der Waals surface area contributed by atoms with Crippen LogP contribution in [-0.4, -0.2) is 15.0 Å². The van der Waals surface area contributed by atoms with Crippen molar-refractivity contribution in [2.24, 2.45) is 0 Å². The smallest absolute Gasteiger partial charge is 0.242 e. The summed E-state index contributed by atoms with van der Waals surface area (Å²) in [6.45, 7) is 3.68. The zero-order chi connectivity index (χ0) is 12.3. The number of benzene rings is 1. The SMILES string of the molecule is C=C(Br)CNS(=O)(=O)c1ccc(N)cc1Br. The molecule has 16 heavy (non-hydrogen) atoms. The summed E-state index contributed by atoms with van der Waals surface area (Å²) in [5.41, 5.74) is 6.02. The molecule has 3 N–H and O–H groups in total. The van der Waals surface area contributed by atoms with Crippen LogP contribution in [0, 0.1) is 0 Å². The monoisotopic (exact) mass is 368 g/mol. The number of nitrogens with two attached hydrogens (primary N) is 1. The van der Waals surface area contributed by atoms with Gasteiger partial charge in [-0.15, -0.1) is 0 Å². The maximum atomic E-state index is 11.8. The minimum Gasteiger partial charge on any atom is -0.399 e. The highest BCUT2D eigenvalue weighted by Gasteiger charge is 2.17. The molecule has 0 aromatic heterocycles. The normalized spacial score (nSPS) is 11.4. The van der Waals surface area contributed by atoms with Crippen LogP contribution in [-0.2, 0) is 10.0 Å². The zero-order valence-corrected chi connectivity index (χ0v) is 12.2. The van der Waals surface area contributed by atoms with E-state index in [1.165, 1.54) is 18.2 Å². The first-order valence-electron chi connectivity index (χ1n) is 4.21. The Bertz CT molecular complexity index is 514. The highest BCUT2D eigenvalue weighted by atomic mass is 79.9. The zero-order valence-electron chi connectivity index (χ0n) is 8.20. The second kappa shape index (κ2) is 5.31. The van der Waals surface area contributed by atoms with Gasteiger partial charge in [0.05, 0.1) is 4.90 Å². The van der Waals surface area contributed by atoms with Crippen LogP contribution in [0.4, 0.5) is 5.69 Å². The highest BCUT2D eigenvalue weighted by Crippen LogP contribution is 2.24. The lowest BCUT2D eigenvalue weighted by Crippen LogP contribution is -2.25. The Hall–Kier alpha value is -0.370. The molecule has 0 fully saturated rings. The molecular formula is C9H10Br2N2O2S. The van der Waals surface area contributed by atoms with Gasteiger partial charge in [-0.25, -0.2) is 13.1 Å². The molecule has 1 aromatic rings. The molecule has 7 heteroatoms. The average molecular weight is 370 g/mol. The standard InChI is InChI=1S/C9H10Br2N2O2S/c1-6(10)5-13-16(14,15)9-3-2-7(12)4-8(9)11/h2-4,13H,1,5,12H2. The van der Waals surface area contributed by atoms with Crippen molar-refractivity contribution in [1.29, 1.82) is 0 Å². The Morgan fingerprint density at radius 2 is 2.12 bits per heavy atom. The Morgan fingerprint density at radius 3 is 2.62 bits per heavy atom. The fraction of sp³-hybridized carbons (Fsp3) is 0.111. The van der Waals surface area contributed by atoms with Crippen LogP contribution in [0.1, 0.15) is 0 Å². The third-order valence-electron chi connectivity index (χ3n) is 1.70. The Kier molecular flexibility index (Phi) is 4.54. The van der Waals surface area contributed by atoms with Crippen LogP contribution in [0.5, 0.6) is 0 Å². The molecule has 0 radical (unpaired) electrons. The maximum Gasteiger partial charge on any atom is 0.242 e. The minimum atomic E-state index is -3.55. The first-order chi connectivity index (χ1) is 7.33. The highest BCUT2D eigenvalue weighted by molar-refractivity contribution is 9.11. The van der Waals surface area contributed by atoms with E-state index in [0.717, 1.165) is 0 Å². The van der Waals surface area contributed by atoms with E-state index in [1.54, 1.807) is 0 Å². The van der Waals surface area contributed by atoms with E-state index < -0.39 is 10.0 Å². The van der Waals surface area contributed by atoms with Gasteiger partial charge >= 0.3 is 0 Å². The number of nitrogen functional groups attached to an aromatic ring is 1. The fourth-order valence-corrected chi connectivity index (χ4v) is 3.43. The number of sulfonamides is 1. The molecule has 0 bridgehead atoms. The second-order valence-corrected chi connectivity index (χ2v) is 6.74. The summed E-state index contributed by atoms with van der Waals surface area (Å²) >= 11 is 6.23. The predicted molar refractivity (Wildman–Crippen MR) is 71.8 cm³/mol. The van der Waals surface area contributed by atoms with Gasteiger partial charge < -0.3 is 5.73 Å². The topological polar surface area (TPSA) is 72.2 Å². The van der Waals surface area contributed by atoms with Crippen LogP contribution in [0.25, 0.3) is 0 Å². The van der Waals surface area contributed by atoms with Gasteiger partial charge in [0.2, 0.25) is 10.0 Å². The molecule has 0 spiro atoms. The number of nitrogens with one attached hydrogen (secondary N) is 1. The second-order valence-electron chi connectivity index (χ2n) is 3.03. The van der Waals surface area contributed by atoms with Crippen molar-refractivity contribution < 1.29 is 8.42 Å². The van der Waals surface area contributed by atoms with Crippen molar-refractivity contribution in [3.8, 4) is 0 Å². The molecule has 0 atom stereocenters. The van der Waals surface area contributed by atoms with Crippen molar-refractivity contribution >= 4 is 47.6 Å². The lowest BCUT2D eigenvalue weighted by atomic mass is 10.3. The van der Waals surface area contributed by atoms with Crippen LogP contribution in [0.15, 0.2) is 38.6 Å². The van der Waals surface area contributed by atoms with Gasteiger partial charge in [-0.2, -0.15) is 0 Å². The van der Waals surface area contributed by atoms with E-state index in [0.29, 0.717) is 14.6 Å². The van der Waals surface area contributed by atoms with Gasteiger partial charge in [0.25, 0.3) is 0 Å². The number of hydrogen-bond donors (Lipinski definition) is 2. The van der Waals surface area contributed by atoms with Gasteiger partial charge in [0.1, 0.15) is 0 Å². The van der Waals surface area contributed by atoms with Crippen molar-refractivity contribution in [3.63, 3.8) is 0 Å². The molecule has 0 saturated carbocycles. The molecule has 0 amide bonds. The summed E-state index contributed by atoms with van der Waals surface area (Å²) < 4.78 is 27.0. The quantitative estimate of drug-likeness (QED) is 0.799. The largest absolute Gasteiger partial charge is 0.399 e. The summed E-state index contributed by atoms with van der Waals surface area (Å²) in [4.78, 5) is 0.149. The van der Waals surface area contributed by atoms with E-state index in [1.807, 2.05) is 0 Å².